The second kappa shape index (κ2) is 13.0. The first-order valence-electron chi connectivity index (χ1n) is 16.6. The predicted molar refractivity (Wildman–Crippen MR) is 155 cm³/mol. The van der Waals surface area contributed by atoms with E-state index in [1.54, 1.807) is 28.4 Å². The number of methoxy groups -OCH3 is 4. The van der Waals surface area contributed by atoms with Gasteiger partial charge < -0.3 is 39.2 Å². The molecule has 3 aliphatic heterocycles. The average molecular weight is 593 g/mol. The summed E-state index contributed by atoms with van der Waals surface area (Å²) in [6.07, 6.45) is 8.33. The molecule has 6 aliphatic rings. The molecule has 0 aromatic carbocycles. The molecule has 13 unspecified atom stereocenters. The smallest absolute Gasteiger partial charge is 0.248 e. The maximum absolute atomic E-state index is 14.3. The highest BCUT2D eigenvalue weighted by Gasteiger charge is 2.66. The van der Waals surface area contributed by atoms with Gasteiger partial charge in [-0.2, -0.15) is 0 Å². The molecular formula is C32H54N3O7+. The molecule has 14 atom stereocenters. The van der Waals surface area contributed by atoms with E-state index in [-0.39, 0.29) is 48.4 Å². The monoisotopic (exact) mass is 592 g/mol. The van der Waals surface area contributed by atoms with E-state index in [2.05, 4.69) is 15.5 Å². The van der Waals surface area contributed by atoms with E-state index in [9.17, 15) is 9.59 Å². The van der Waals surface area contributed by atoms with Crippen LogP contribution >= 0.6 is 0 Å². The van der Waals surface area contributed by atoms with E-state index >= 15 is 0 Å². The highest BCUT2D eigenvalue weighted by molar-refractivity contribution is 5.82. The Kier molecular flexibility index (Phi) is 9.49. The van der Waals surface area contributed by atoms with Gasteiger partial charge in [-0.3, -0.25) is 9.59 Å². The molecule has 3 saturated heterocycles. The number of ether oxygens (including phenoxy) is 5. The molecule has 10 heteroatoms. The third-order valence-electron chi connectivity index (χ3n) is 12.2. The topological polar surface area (TPSA) is 112 Å². The van der Waals surface area contributed by atoms with Crippen LogP contribution in [0.4, 0.5) is 0 Å². The van der Waals surface area contributed by atoms with Crippen molar-refractivity contribution in [3.8, 4) is 0 Å². The summed E-state index contributed by atoms with van der Waals surface area (Å²) in [4.78, 5) is 29.6. The Labute approximate surface area is 251 Å². The largest absolute Gasteiger partial charge is 0.379 e. The van der Waals surface area contributed by atoms with E-state index in [0.29, 0.717) is 48.2 Å². The van der Waals surface area contributed by atoms with Gasteiger partial charge in [-0.05, 0) is 76.0 Å². The van der Waals surface area contributed by atoms with Gasteiger partial charge in [-0.15, -0.1) is 0 Å². The maximum Gasteiger partial charge on any atom is 0.248 e. The first-order valence-corrected chi connectivity index (χ1v) is 16.6. The Morgan fingerprint density at radius 1 is 0.881 bits per heavy atom. The predicted octanol–water partition coefficient (Wildman–Crippen LogP) is 1.11. The van der Waals surface area contributed by atoms with Crippen LogP contribution in [0.3, 0.4) is 0 Å². The van der Waals surface area contributed by atoms with Crippen LogP contribution in [-0.4, -0.2) is 113 Å². The number of carbonyl (C=O) groups is 2. The fourth-order valence-electron chi connectivity index (χ4n) is 10.3. The molecule has 0 spiro atoms. The SMILES string of the molecule is COC1CCC(CNC(=O)[C@@H](C)OC2CCC3C(C2)C2CC[NH2+]C4C5CCC(OC)C(OC)C5C(=O)N3C24)CC1OC. The van der Waals surface area contributed by atoms with Crippen molar-refractivity contribution >= 4 is 11.8 Å². The van der Waals surface area contributed by atoms with Crippen LogP contribution in [-0.2, 0) is 33.3 Å². The molecule has 42 heavy (non-hydrogen) atoms. The summed E-state index contributed by atoms with van der Waals surface area (Å²) >= 11 is 0. The van der Waals surface area contributed by atoms with Crippen LogP contribution in [0, 0.1) is 29.6 Å². The molecule has 3 heterocycles. The minimum absolute atomic E-state index is 0.0203. The third-order valence-corrected chi connectivity index (χ3v) is 12.2. The van der Waals surface area contributed by atoms with Gasteiger partial charge in [0.05, 0.1) is 49.0 Å². The number of nitrogens with two attached hydrogens (primary N) is 1. The molecule has 2 amide bonds. The minimum Gasteiger partial charge on any atom is -0.379 e. The standard InChI is InChI=1S/C32H53N3O7/c1-17(31(36)34-16-18-6-10-24(38-2)26(14-18)40-4)42-19-7-9-23-22(15-19)20-12-13-33-28-21-8-11-25(39-3)30(41-5)27(21)32(37)35(23)29(20)28/h17-30,33H,6-16H2,1-5H3,(H,34,36)/p+1/t17-,18?,19?,20?,21?,22?,23?,24?,25?,26?,27?,28?,29?,30?/m1/s1. The highest BCUT2D eigenvalue weighted by Crippen LogP contribution is 2.53. The fraction of sp³-hybridized carbons (Fsp3) is 0.938. The van der Waals surface area contributed by atoms with Crippen molar-refractivity contribution in [3.05, 3.63) is 0 Å². The van der Waals surface area contributed by atoms with Crippen molar-refractivity contribution in [1.82, 2.24) is 10.2 Å². The molecule has 0 aromatic rings. The average Bonchev–Trinajstić information content (AvgIpc) is 3.36. The molecule has 238 valence electrons. The van der Waals surface area contributed by atoms with Crippen LogP contribution in [0.1, 0.15) is 64.7 Å². The Bertz CT molecular complexity index is 968. The lowest BCUT2D eigenvalue weighted by Crippen LogP contribution is -2.99. The normalized spacial score (nSPS) is 45.5. The molecule has 0 radical (unpaired) electrons. The Balaban J connectivity index is 1.07. The van der Waals surface area contributed by atoms with Gasteiger partial charge in [-0.25, -0.2) is 0 Å². The first-order chi connectivity index (χ1) is 20.4. The highest BCUT2D eigenvalue weighted by atomic mass is 16.5. The van der Waals surface area contributed by atoms with Gasteiger partial charge in [0.1, 0.15) is 12.1 Å². The van der Waals surface area contributed by atoms with E-state index in [1.807, 2.05) is 6.92 Å². The molecule has 3 N–H and O–H groups in total. The quantitative estimate of drug-likeness (QED) is 0.413. The second-order valence-electron chi connectivity index (χ2n) is 13.9. The Morgan fingerprint density at radius 3 is 2.38 bits per heavy atom. The van der Waals surface area contributed by atoms with Gasteiger partial charge in [-0.1, -0.05) is 0 Å². The third kappa shape index (κ3) is 5.42. The fourth-order valence-corrected chi connectivity index (χ4v) is 10.3. The number of nitrogens with zero attached hydrogens (tertiary/aromatic N) is 1. The number of piperidine rings is 2. The number of hydrogen-bond donors (Lipinski definition) is 2. The second-order valence-corrected chi connectivity index (χ2v) is 13.9. The molecule has 6 fully saturated rings. The maximum atomic E-state index is 14.3. The number of carbonyl (C=O) groups excluding carboxylic acids is 2. The number of hydrogen-bond acceptors (Lipinski definition) is 7. The molecule has 3 aliphatic carbocycles. The lowest BCUT2D eigenvalue weighted by Gasteiger charge is -2.53. The van der Waals surface area contributed by atoms with Crippen LogP contribution < -0.4 is 10.6 Å². The van der Waals surface area contributed by atoms with Crippen molar-refractivity contribution < 1.29 is 38.6 Å². The van der Waals surface area contributed by atoms with E-state index in [4.69, 9.17) is 23.7 Å². The Hall–Kier alpha value is -1.30. The minimum atomic E-state index is -0.491. The van der Waals surface area contributed by atoms with Gasteiger partial charge >= 0.3 is 0 Å². The molecular weight excluding hydrogens is 538 g/mol. The van der Waals surface area contributed by atoms with Crippen molar-refractivity contribution in [2.75, 3.05) is 41.5 Å². The van der Waals surface area contributed by atoms with Gasteiger partial charge in [0.15, 0.2) is 0 Å². The molecule has 3 saturated carbocycles. The summed E-state index contributed by atoms with van der Waals surface area (Å²) in [7, 11) is 6.96. The van der Waals surface area contributed by atoms with Crippen molar-refractivity contribution in [2.24, 2.45) is 29.6 Å². The molecule has 10 nitrogen and oxygen atoms in total. The summed E-state index contributed by atoms with van der Waals surface area (Å²) in [6.45, 7) is 3.65. The van der Waals surface area contributed by atoms with Gasteiger partial charge in [0, 0.05) is 53.4 Å². The first kappa shape index (κ1) is 30.7. The summed E-state index contributed by atoms with van der Waals surface area (Å²) < 4.78 is 29.4. The van der Waals surface area contributed by atoms with Crippen molar-refractivity contribution in [3.63, 3.8) is 0 Å². The lowest BCUT2D eigenvalue weighted by atomic mass is 9.64. The molecule has 0 aromatic heterocycles. The number of fused-ring (bicyclic) bond motifs is 5. The van der Waals surface area contributed by atoms with E-state index in [0.717, 1.165) is 64.3 Å². The zero-order chi connectivity index (χ0) is 29.5. The number of rotatable bonds is 9. The van der Waals surface area contributed by atoms with Crippen LogP contribution in [0.5, 0.6) is 0 Å². The zero-order valence-corrected chi connectivity index (χ0v) is 26.2. The summed E-state index contributed by atoms with van der Waals surface area (Å²) in [5.74, 6) is 1.83. The van der Waals surface area contributed by atoms with E-state index < -0.39 is 6.10 Å². The van der Waals surface area contributed by atoms with Crippen LogP contribution in [0.2, 0.25) is 0 Å². The summed E-state index contributed by atoms with van der Waals surface area (Å²) in [6, 6.07) is 1.01. The zero-order valence-electron chi connectivity index (χ0n) is 26.2. The van der Waals surface area contributed by atoms with E-state index in [1.165, 1.54) is 0 Å². The summed E-state index contributed by atoms with van der Waals surface area (Å²) in [5, 5.41) is 5.69. The number of nitrogens with one attached hydrogen (secondary N) is 1. The Morgan fingerprint density at radius 2 is 1.64 bits per heavy atom. The lowest BCUT2D eigenvalue weighted by molar-refractivity contribution is -0.713. The summed E-state index contributed by atoms with van der Waals surface area (Å²) in [5.41, 5.74) is 0. The molecule has 0 bridgehead atoms. The number of quaternary nitrogens is 1. The van der Waals surface area contributed by atoms with Gasteiger partial charge in [0.25, 0.3) is 0 Å². The van der Waals surface area contributed by atoms with Crippen LogP contribution in [0.15, 0.2) is 0 Å². The van der Waals surface area contributed by atoms with Crippen molar-refractivity contribution in [1.29, 1.82) is 0 Å². The number of amides is 2. The molecule has 6 rings (SSSR count). The van der Waals surface area contributed by atoms with Crippen molar-refractivity contribution in [2.45, 2.75) is 119 Å². The van der Waals surface area contributed by atoms with Gasteiger partial charge in [0.2, 0.25) is 11.8 Å². The van der Waals surface area contributed by atoms with Crippen LogP contribution in [0.25, 0.3) is 0 Å².